The number of anilines is 1. The predicted molar refractivity (Wildman–Crippen MR) is 125 cm³/mol. The number of fused-ring (bicyclic) bond motifs is 1. The number of hydrogen-bond acceptors (Lipinski definition) is 6. The van der Waals surface area contributed by atoms with Crippen molar-refractivity contribution < 1.29 is 28.2 Å². The lowest BCUT2D eigenvalue weighted by atomic mass is 10.1. The van der Waals surface area contributed by atoms with E-state index in [4.69, 9.17) is 18.6 Å². The van der Waals surface area contributed by atoms with Crippen LogP contribution in [0.25, 0.3) is 17.0 Å². The first-order chi connectivity index (χ1) is 16.1. The van der Waals surface area contributed by atoms with Crippen LogP contribution in [0.15, 0.2) is 46.9 Å². The highest BCUT2D eigenvalue weighted by atomic mass is 16.5. The smallest absolute Gasteiger partial charge is 0.291 e. The summed E-state index contributed by atoms with van der Waals surface area (Å²) >= 11 is 0. The number of methoxy groups -OCH3 is 2. The summed E-state index contributed by atoms with van der Waals surface area (Å²) in [6, 6.07) is 10.5. The first kappa shape index (κ1) is 22.4. The van der Waals surface area contributed by atoms with Crippen molar-refractivity contribution in [3.8, 4) is 11.5 Å². The van der Waals surface area contributed by atoms with E-state index < -0.39 is 5.91 Å². The quantitative estimate of drug-likeness (QED) is 0.605. The Balaban J connectivity index is 1.74. The fraction of sp³-hybridized carbons (Fsp3) is 0.280. The summed E-state index contributed by atoms with van der Waals surface area (Å²) in [5.74, 6) is 0.376. The number of furan rings is 1. The summed E-state index contributed by atoms with van der Waals surface area (Å²) in [7, 11) is 3.06. The molecule has 172 valence electrons. The molecule has 0 radical (unpaired) electrons. The van der Waals surface area contributed by atoms with Crippen molar-refractivity contribution >= 4 is 34.5 Å². The average Bonchev–Trinajstić information content (AvgIpc) is 3.22. The molecule has 0 aliphatic carbocycles. The van der Waals surface area contributed by atoms with Crippen molar-refractivity contribution in [2.75, 3.05) is 45.8 Å². The Morgan fingerprint density at radius 1 is 1.09 bits per heavy atom. The topological polar surface area (TPSA) is 90.2 Å². The van der Waals surface area contributed by atoms with Gasteiger partial charge in [0, 0.05) is 29.6 Å². The Labute approximate surface area is 191 Å². The number of morpholine rings is 1. The molecule has 3 aromatic rings. The molecule has 1 saturated heterocycles. The monoisotopic (exact) mass is 450 g/mol. The predicted octanol–water partition coefficient (Wildman–Crippen LogP) is 4.21. The number of nitrogens with zero attached hydrogens (tertiary/aromatic N) is 1. The largest absolute Gasteiger partial charge is 0.493 e. The van der Waals surface area contributed by atoms with Crippen molar-refractivity contribution in [1.29, 1.82) is 0 Å². The Kier molecular flexibility index (Phi) is 6.65. The zero-order chi connectivity index (χ0) is 23.4. The second kappa shape index (κ2) is 9.79. The van der Waals surface area contributed by atoms with Crippen molar-refractivity contribution in [1.82, 2.24) is 4.90 Å². The maximum Gasteiger partial charge on any atom is 0.291 e. The lowest BCUT2D eigenvalue weighted by Gasteiger charge is -2.26. The molecular formula is C25H26N2O6. The second-order valence-electron chi connectivity index (χ2n) is 7.46. The molecule has 1 aliphatic heterocycles. The lowest BCUT2D eigenvalue weighted by molar-refractivity contribution is 0.0285. The molecule has 0 unspecified atom stereocenters. The molecule has 8 nitrogen and oxygen atoms in total. The van der Waals surface area contributed by atoms with Gasteiger partial charge in [0.2, 0.25) is 5.76 Å². The molecule has 4 rings (SSSR count). The van der Waals surface area contributed by atoms with Gasteiger partial charge in [0.1, 0.15) is 11.3 Å². The molecule has 0 atom stereocenters. The van der Waals surface area contributed by atoms with Gasteiger partial charge in [-0.2, -0.15) is 0 Å². The van der Waals surface area contributed by atoms with Crippen LogP contribution < -0.4 is 14.8 Å². The minimum absolute atomic E-state index is 0.0978. The summed E-state index contributed by atoms with van der Waals surface area (Å²) in [5.41, 5.74) is 1.92. The van der Waals surface area contributed by atoms with Crippen molar-refractivity contribution in [3.63, 3.8) is 0 Å². The highest BCUT2D eigenvalue weighted by Crippen LogP contribution is 2.35. The van der Waals surface area contributed by atoms with Gasteiger partial charge >= 0.3 is 0 Å². The summed E-state index contributed by atoms with van der Waals surface area (Å²) in [5, 5.41) is 3.55. The molecule has 2 amide bonds. The van der Waals surface area contributed by atoms with Crippen LogP contribution >= 0.6 is 0 Å². The number of hydrogen-bond donors (Lipinski definition) is 1. The summed E-state index contributed by atoms with van der Waals surface area (Å²) in [6.45, 7) is 3.73. The van der Waals surface area contributed by atoms with Crippen molar-refractivity contribution in [2.24, 2.45) is 0 Å². The Morgan fingerprint density at radius 3 is 2.55 bits per heavy atom. The maximum absolute atomic E-state index is 13.3. The normalized spacial score (nSPS) is 14.0. The molecule has 33 heavy (non-hydrogen) atoms. The van der Waals surface area contributed by atoms with Gasteiger partial charge in [-0.05, 0) is 31.2 Å². The SMILES string of the molecule is CC=Cc1cc(C(=O)Nc2c(C(=O)N3CCOCC3)oc3ccccc23)cc(OC)c1OC. The van der Waals surface area contributed by atoms with Gasteiger partial charge in [0.25, 0.3) is 11.8 Å². The third-order valence-electron chi connectivity index (χ3n) is 5.44. The molecule has 0 saturated carbocycles. The highest BCUT2D eigenvalue weighted by Gasteiger charge is 2.28. The van der Waals surface area contributed by atoms with Gasteiger partial charge in [-0.15, -0.1) is 0 Å². The van der Waals surface area contributed by atoms with E-state index in [1.807, 2.05) is 37.3 Å². The van der Waals surface area contributed by atoms with Crippen LogP contribution in [-0.4, -0.2) is 57.2 Å². The molecule has 1 fully saturated rings. The molecule has 1 N–H and O–H groups in total. The number of carbonyl (C=O) groups excluding carboxylic acids is 2. The third kappa shape index (κ3) is 4.42. The number of allylic oxidation sites excluding steroid dienone is 1. The van der Waals surface area contributed by atoms with Gasteiger partial charge in [0.05, 0.1) is 27.4 Å². The number of amides is 2. The van der Waals surface area contributed by atoms with E-state index in [-0.39, 0.29) is 11.7 Å². The van der Waals surface area contributed by atoms with Gasteiger partial charge in [-0.3, -0.25) is 9.59 Å². The fourth-order valence-corrected chi connectivity index (χ4v) is 3.84. The van der Waals surface area contributed by atoms with E-state index in [9.17, 15) is 9.59 Å². The standard InChI is InChI=1S/C25H26N2O6/c1-4-7-16-14-17(15-20(30-2)22(16)31-3)24(28)26-21-18-8-5-6-9-19(18)33-23(21)25(29)27-10-12-32-13-11-27/h4-9,14-15H,10-13H2,1-3H3,(H,26,28). The number of para-hydroxylation sites is 1. The lowest BCUT2D eigenvalue weighted by Crippen LogP contribution is -2.40. The average molecular weight is 450 g/mol. The highest BCUT2D eigenvalue weighted by molar-refractivity contribution is 6.14. The van der Waals surface area contributed by atoms with E-state index in [1.54, 1.807) is 30.2 Å². The van der Waals surface area contributed by atoms with Crippen LogP contribution in [0.1, 0.15) is 33.4 Å². The Morgan fingerprint density at radius 2 is 1.85 bits per heavy atom. The van der Waals surface area contributed by atoms with Crippen LogP contribution in [0.4, 0.5) is 5.69 Å². The zero-order valence-corrected chi connectivity index (χ0v) is 18.8. The second-order valence-corrected chi connectivity index (χ2v) is 7.46. The van der Waals surface area contributed by atoms with Crippen LogP contribution in [0, 0.1) is 0 Å². The number of benzene rings is 2. The van der Waals surface area contributed by atoms with Crippen LogP contribution in [0.5, 0.6) is 11.5 Å². The molecule has 8 heteroatoms. The van der Waals surface area contributed by atoms with Gasteiger partial charge in [0.15, 0.2) is 11.5 Å². The molecule has 1 aliphatic rings. The fourth-order valence-electron chi connectivity index (χ4n) is 3.84. The van der Waals surface area contributed by atoms with E-state index in [0.29, 0.717) is 65.6 Å². The van der Waals surface area contributed by atoms with E-state index in [1.165, 1.54) is 7.11 Å². The minimum atomic E-state index is -0.399. The first-order valence-corrected chi connectivity index (χ1v) is 10.7. The maximum atomic E-state index is 13.3. The molecule has 0 bridgehead atoms. The van der Waals surface area contributed by atoms with Crippen LogP contribution in [0.3, 0.4) is 0 Å². The van der Waals surface area contributed by atoms with Crippen molar-refractivity contribution in [3.05, 3.63) is 59.4 Å². The van der Waals surface area contributed by atoms with E-state index in [0.717, 1.165) is 0 Å². The minimum Gasteiger partial charge on any atom is -0.493 e. The zero-order valence-electron chi connectivity index (χ0n) is 18.8. The van der Waals surface area contributed by atoms with Gasteiger partial charge in [-0.1, -0.05) is 24.3 Å². The van der Waals surface area contributed by atoms with Crippen LogP contribution in [-0.2, 0) is 4.74 Å². The Bertz CT molecular complexity index is 1210. The van der Waals surface area contributed by atoms with Crippen molar-refractivity contribution in [2.45, 2.75) is 6.92 Å². The molecule has 1 aromatic heterocycles. The Hall–Kier alpha value is -3.78. The number of rotatable bonds is 6. The van der Waals surface area contributed by atoms with Gasteiger partial charge in [-0.25, -0.2) is 0 Å². The molecule has 2 heterocycles. The summed E-state index contributed by atoms with van der Waals surface area (Å²) in [4.78, 5) is 28.2. The number of ether oxygens (including phenoxy) is 3. The van der Waals surface area contributed by atoms with E-state index in [2.05, 4.69) is 5.32 Å². The summed E-state index contributed by atoms with van der Waals surface area (Å²) in [6.07, 6.45) is 3.68. The molecule has 0 spiro atoms. The van der Waals surface area contributed by atoms with E-state index >= 15 is 0 Å². The molecule has 2 aromatic carbocycles. The van der Waals surface area contributed by atoms with Crippen LogP contribution in [0.2, 0.25) is 0 Å². The number of nitrogens with one attached hydrogen (secondary N) is 1. The van der Waals surface area contributed by atoms with Gasteiger partial charge < -0.3 is 28.8 Å². The number of carbonyl (C=O) groups is 2. The summed E-state index contributed by atoms with van der Waals surface area (Å²) < 4.78 is 22.1. The first-order valence-electron chi connectivity index (χ1n) is 10.7. The third-order valence-corrected chi connectivity index (χ3v) is 5.44. The molecular weight excluding hydrogens is 424 g/mol.